The second-order valence-electron chi connectivity index (χ2n) is 8.32. The first-order chi connectivity index (χ1) is 15.3. The van der Waals surface area contributed by atoms with Crippen LogP contribution in [0.25, 0.3) is 10.4 Å². The number of aryl methyl sites for hydroxylation is 1. The average molecular weight is 472 g/mol. The molecule has 6 nitrogen and oxygen atoms in total. The molecule has 0 aliphatic carbocycles. The van der Waals surface area contributed by atoms with Gasteiger partial charge >= 0.3 is 0 Å². The number of hydrogen-bond donors (Lipinski definition) is 2. The molecule has 3 aromatic rings. The summed E-state index contributed by atoms with van der Waals surface area (Å²) in [7, 11) is -2.24. The van der Waals surface area contributed by atoms with Crippen molar-refractivity contribution in [2.75, 3.05) is 29.8 Å². The van der Waals surface area contributed by atoms with E-state index in [1.807, 2.05) is 54.8 Å². The topological polar surface area (TPSA) is 70.7 Å². The Bertz CT molecular complexity index is 1180. The monoisotopic (exact) mass is 471 g/mol. The molecule has 0 amide bonds. The van der Waals surface area contributed by atoms with Crippen LogP contribution in [0.5, 0.6) is 5.75 Å². The summed E-state index contributed by atoms with van der Waals surface area (Å²) in [4.78, 5) is 3.64. The quantitative estimate of drug-likeness (QED) is 0.544. The van der Waals surface area contributed by atoms with Gasteiger partial charge in [-0.1, -0.05) is 12.1 Å². The highest BCUT2D eigenvalue weighted by Crippen LogP contribution is 2.34. The van der Waals surface area contributed by atoms with Gasteiger partial charge in [0.1, 0.15) is 5.75 Å². The molecule has 8 heteroatoms. The van der Waals surface area contributed by atoms with Crippen molar-refractivity contribution in [1.82, 2.24) is 5.32 Å². The molecular formula is C24H29N3O3S2. The van der Waals surface area contributed by atoms with Crippen molar-refractivity contribution in [1.29, 1.82) is 0 Å². The summed E-state index contributed by atoms with van der Waals surface area (Å²) in [5, 5.41) is 5.53. The van der Waals surface area contributed by atoms with Gasteiger partial charge in [-0.15, -0.1) is 11.3 Å². The van der Waals surface area contributed by atoms with Gasteiger partial charge in [0.25, 0.3) is 10.0 Å². The fourth-order valence-corrected chi connectivity index (χ4v) is 6.27. The Morgan fingerprint density at radius 2 is 1.84 bits per heavy atom. The standard InChI is InChI=1S/C24H29N3O3S2/c1-16-12-19(23-6-5-11-31-23)7-10-24(16)32(28,29)26-21-13-20(8-9-22(21)30-4)27-14-17(2)25-18(3)15-27/h5-13,17-18,25-26H,14-15H2,1-4H3. The third-order valence-corrected chi connectivity index (χ3v) is 8.06. The number of thiophene rings is 1. The van der Waals surface area contributed by atoms with Crippen LogP contribution in [-0.4, -0.2) is 40.7 Å². The highest BCUT2D eigenvalue weighted by Gasteiger charge is 2.24. The van der Waals surface area contributed by atoms with E-state index in [0.29, 0.717) is 29.1 Å². The number of rotatable bonds is 6. The maximum Gasteiger partial charge on any atom is 0.262 e. The second-order valence-corrected chi connectivity index (χ2v) is 10.9. The van der Waals surface area contributed by atoms with Crippen LogP contribution in [0, 0.1) is 6.92 Å². The largest absolute Gasteiger partial charge is 0.495 e. The number of benzene rings is 2. The van der Waals surface area contributed by atoms with E-state index in [0.717, 1.165) is 29.2 Å². The first-order valence-corrected chi connectivity index (χ1v) is 13.0. The van der Waals surface area contributed by atoms with E-state index in [-0.39, 0.29) is 4.90 Å². The molecule has 4 rings (SSSR count). The normalized spacial score (nSPS) is 19.1. The van der Waals surface area contributed by atoms with Crippen LogP contribution >= 0.6 is 11.3 Å². The summed E-state index contributed by atoms with van der Waals surface area (Å²) in [6, 6.07) is 15.8. The summed E-state index contributed by atoms with van der Waals surface area (Å²) < 4.78 is 34.8. The number of nitrogens with zero attached hydrogens (tertiary/aromatic N) is 1. The third-order valence-electron chi connectivity index (χ3n) is 5.62. The summed E-state index contributed by atoms with van der Waals surface area (Å²) in [6.45, 7) is 7.83. The van der Waals surface area contributed by atoms with Crippen LogP contribution in [0.2, 0.25) is 0 Å². The second kappa shape index (κ2) is 9.13. The minimum absolute atomic E-state index is 0.259. The van der Waals surface area contributed by atoms with Crippen molar-refractivity contribution < 1.29 is 13.2 Å². The van der Waals surface area contributed by atoms with E-state index in [2.05, 4.69) is 28.8 Å². The molecule has 32 heavy (non-hydrogen) atoms. The number of sulfonamides is 1. The molecule has 2 N–H and O–H groups in total. The summed E-state index contributed by atoms with van der Waals surface area (Å²) in [5.41, 5.74) is 3.11. The Hall–Kier alpha value is -2.55. The van der Waals surface area contributed by atoms with Gasteiger partial charge in [0.05, 0.1) is 17.7 Å². The molecule has 2 unspecified atom stereocenters. The molecule has 0 spiro atoms. The Morgan fingerprint density at radius 3 is 2.47 bits per heavy atom. The van der Waals surface area contributed by atoms with E-state index in [9.17, 15) is 8.42 Å². The van der Waals surface area contributed by atoms with Gasteiger partial charge in [-0.25, -0.2) is 8.42 Å². The van der Waals surface area contributed by atoms with Crippen molar-refractivity contribution in [3.8, 4) is 16.2 Å². The lowest BCUT2D eigenvalue weighted by atomic mass is 10.1. The number of ether oxygens (including phenoxy) is 1. The Labute approximate surface area is 194 Å². The summed E-state index contributed by atoms with van der Waals surface area (Å²) in [5.74, 6) is 0.487. The third kappa shape index (κ3) is 4.77. The van der Waals surface area contributed by atoms with Gasteiger partial charge in [-0.3, -0.25) is 4.72 Å². The molecule has 2 aromatic carbocycles. The van der Waals surface area contributed by atoms with Gasteiger partial charge in [-0.05, 0) is 73.7 Å². The molecule has 0 saturated carbocycles. The predicted molar refractivity (Wildman–Crippen MR) is 133 cm³/mol. The minimum atomic E-state index is -3.79. The zero-order valence-electron chi connectivity index (χ0n) is 18.8. The zero-order valence-corrected chi connectivity index (χ0v) is 20.4. The fraction of sp³-hybridized carbons (Fsp3) is 0.333. The van der Waals surface area contributed by atoms with Gasteiger partial charge in [0.2, 0.25) is 0 Å². The highest BCUT2D eigenvalue weighted by atomic mass is 32.2. The smallest absolute Gasteiger partial charge is 0.262 e. The predicted octanol–water partition coefficient (Wildman–Crippen LogP) is 4.72. The Kier molecular flexibility index (Phi) is 6.46. The Balaban J connectivity index is 1.64. The SMILES string of the molecule is COc1ccc(N2CC(C)NC(C)C2)cc1NS(=O)(=O)c1ccc(-c2cccs2)cc1C. The van der Waals surface area contributed by atoms with Crippen molar-refractivity contribution in [3.63, 3.8) is 0 Å². The molecule has 1 fully saturated rings. The number of nitrogens with one attached hydrogen (secondary N) is 2. The maximum absolute atomic E-state index is 13.3. The van der Waals surface area contributed by atoms with Gasteiger partial charge < -0.3 is 15.0 Å². The highest BCUT2D eigenvalue weighted by molar-refractivity contribution is 7.92. The van der Waals surface area contributed by atoms with E-state index in [1.54, 1.807) is 24.5 Å². The summed E-state index contributed by atoms with van der Waals surface area (Å²) in [6.07, 6.45) is 0. The van der Waals surface area contributed by atoms with E-state index >= 15 is 0 Å². The molecule has 2 heterocycles. The van der Waals surface area contributed by atoms with Gasteiger partial charge in [-0.2, -0.15) is 0 Å². The molecule has 1 saturated heterocycles. The van der Waals surface area contributed by atoms with Crippen molar-refractivity contribution >= 4 is 32.7 Å². The number of piperazine rings is 1. The zero-order chi connectivity index (χ0) is 22.9. The van der Waals surface area contributed by atoms with Crippen molar-refractivity contribution in [2.45, 2.75) is 37.8 Å². The van der Waals surface area contributed by atoms with Crippen LogP contribution in [-0.2, 0) is 10.0 Å². The van der Waals surface area contributed by atoms with Crippen LogP contribution in [0.3, 0.4) is 0 Å². The Morgan fingerprint density at radius 1 is 1.09 bits per heavy atom. The molecule has 2 atom stereocenters. The number of anilines is 2. The first kappa shape index (κ1) is 22.6. The van der Waals surface area contributed by atoms with Crippen molar-refractivity contribution in [2.24, 2.45) is 0 Å². The lowest BCUT2D eigenvalue weighted by molar-refractivity contribution is 0.406. The van der Waals surface area contributed by atoms with Gasteiger partial charge in [0.15, 0.2) is 0 Å². The van der Waals surface area contributed by atoms with Gasteiger partial charge in [0, 0.05) is 35.7 Å². The lowest BCUT2D eigenvalue weighted by Crippen LogP contribution is -2.54. The van der Waals surface area contributed by atoms with E-state index in [1.165, 1.54) is 0 Å². The molecule has 0 radical (unpaired) electrons. The first-order valence-electron chi connectivity index (χ1n) is 10.6. The van der Waals surface area contributed by atoms with E-state index in [4.69, 9.17) is 4.74 Å². The molecule has 1 aliphatic rings. The van der Waals surface area contributed by atoms with Crippen LogP contribution in [0.15, 0.2) is 58.8 Å². The fourth-order valence-electron chi connectivity index (χ4n) is 4.26. The number of methoxy groups -OCH3 is 1. The maximum atomic E-state index is 13.3. The lowest BCUT2D eigenvalue weighted by Gasteiger charge is -2.38. The molecule has 0 bridgehead atoms. The van der Waals surface area contributed by atoms with Crippen LogP contribution < -0.4 is 19.7 Å². The molecule has 1 aliphatic heterocycles. The average Bonchev–Trinajstić information content (AvgIpc) is 3.27. The minimum Gasteiger partial charge on any atom is -0.495 e. The van der Waals surface area contributed by atoms with E-state index < -0.39 is 10.0 Å². The van der Waals surface area contributed by atoms with Crippen LogP contribution in [0.4, 0.5) is 11.4 Å². The van der Waals surface area contributed by atoms with Crippen LogP contribution in [0.1, 0.15) is 19.4 Å². The summed E-state index contributed by atoms with van der Waals surface area (Å²) >= 11 is 1.63. The molecular weight excluding hydrogens is 442 g/mol. The molecule has 170 valence electrons. The number of hydrogen-bond acceptors (Lipinski definition) is 6. The molecule has 1 aromatic heterocycles. The van der Waals surface area contributed by atoms with Crippen molar-refractivity contribution in [3.05, 3.63) is 59.5 Å².